The molecule has 0 amide bonds. The van der Waals surface area contributed by atoms with Crippen molar-refractivity contribution >= 4 is 0 Å². The molecule has 1 aliphatic carbocycles. The monoisotopic (exact) mass is 263 g/mol. The molecule has 1 saturated heterocycles. The fourth-order valence-electron chi connectivity index (χ4n) is 2.88. The predicted molar refractivity (Wildman–Crippen MR) is 72.5 cm³/mol. The fourth-order valence-corrected chi connectivity index (χ4v) is 2.88. The third-order valence-electron chi connectivity index (χ3n) is 3.96. The van der Waals surface area contributed by atoms with Gasteiger partial charge < -0.3 is 19.5 Å². The molecule has 4 heteroatoms. The van der Waals surface area contributed by atoms with Gasteiger partial charge in [-0.2, -0.15) is 0 Å². The van der Waals surface area contributed by atoms with Gasteiger partial charge in [0.2, 0.25) is 0 Å². The number of hydrogen-bond acceptors (Lipinski definition) is 4. The maximum atomic E-state index is 9.87. The number of aliphatic hydroxyl groups is 1. The first-order chi connectivity index (χ1) is 9.24. The summed E-state index contributed by atoms with van der Waals surface area (Å²) in [6.07, 6.45) is 1.52. The molecule has 0 aromatic heterocycles. The lowest BCUT2D eigenvalue weighted by atomic mass is 10.1. The quantitative estimate of drug-likeness (QED) is 0.894. The van der Waals surface area contributed by atoms with Crippen LogP contribution in [0.3, 0.4) is 0 Å². The third-order valence-corrected chi connectivity index (χ3v) is 3.96. The molecule has 4 nitrogen and oxygen atoms in total. The summed E-state index contributed by atoms with van der Waals surface area (Å²) >= 11 is 0. The van der Waals surface area contributed by atoms with Gasteiger partial charge in [-0.25, -0.2) is 0 Å². The Morgan fingerprint density at radius 3 is 3.21 bits per heavy atom. The Morgan fingerprint density at radius 1 is 1.47 bits per heavy atom. The molecule has 2 unspecified atom stereocenters. The average molecular weight is 263 g/mol. The van der Waals surface area contributed by atoms with Crippen molar-refractivity contribution < 1.29 is 14.6 Å². The van der Waals surface area contributed by atoms with E-state index < -0.39 is 0 Å². The molecular weight excluding hydrogens is 242 g/mol. The van der Waals surface area contributed by atoms with Gasteiger partial charge in [-0.05, 0) is 31.5 Å². The van der Waals surface area contributed by atoms with Crippen LogP contribution in [-0.4, -0.2) is 49.5 Å². The summed E-state index contributed by atoms with van der Waals surface area (Å²) in [5, 5.41) is 9.87. The van der Waals surface area contributed by atoms with Gasteiger partial charge in [-0.1, -0.05) is 12.1 Å². The number of rotatable bonds is 3. The van der Waals surface area contributed by atoms with Crippen molar-refractivity contribution in [1.82, 2.24) is 4.90 Å². The standard InChI is InChI=1S/C15H21NO3/c1-16-7-8-18-11(9-16)10-19-15-4-2-3-12-13(15)5-6-14(12)17/h2-4,11,14,17H,5-10H2,1H3. The van der Waals surface area contributed by atoms with Crippen molar-refractivity contribution in [2.45, 2.75) is 25.0 Å². The van der Waals surface area contributed by atoms with Gasteiger partial charge in [0.25, 0.3) is 0 Å². The minimum Gasteiger partial charge on any atom is -0.491 e. The first-order valence-electron chi connectivity index (χ1n) is 6.97. The zero-order chi connectivity index (χ0) is 13.2. The first kappa shape index (κ1) is 12.9. The van der Waals surface area contributed by atoms with E-state index >= 15 is 0 Å². The maximum Gasteiger partial charge on any atom is 0.122 e. The Labute approximate surface area is 113 Å². The number of nitrogens with zero attached hydrogens (tertiary/aromatic N) is 1. The average Bonchev–Trinajstić information content (AvgIpc) is 2.79. The molecule has 0 bridgehead atoms. The van der Waals surface area contributed by atoms with E-state index in [-0.39, 0.29) is 12.2 Å². The lowest BCUT2D eigenvalue weighted by Crippen LogP contribution is -2.42. The molecule has 19 heavy (non-hydrogen) atoms. The van der Waals surface area contributed by atoms with Crippen molar-refractivity contribution in [2.75, 3.05) is 33.4 Å². The Balaban J connectivity index is 1.64. The Kier molecular flexibility index (Phi) is 3.73. The highest BCUT2D eigenvalue weighted by atomic mass is 16.5. The highest BCUT2D eigenvalue weighted by molar-refractivity contribution is 5.44. The van der Waals surface area contributed by atoms with E-state index in [0.29, 0.717) is 6.61 Å². The molecule has 3 rings (SSSR count). The summed E-state index contributed by atoms with van der Waals surface area (Å²) in [5.74, 6) is 0.908. The van der Waals surface area contributed by atoms with Crippen LogP contribution in [0.1, 0.15) is 23.7 Å². The first-order valence-corrected chi connectivity index (χ1v) is 6.97. The molecule has 1 aromatic rings. The van der Waals surface area contributed by atoms with Gasteiger partial charge >= 0.3 is 0 Å². The molecule has 0 spiro atoms. The molecule has 1 heterocycles. The maximum absolute atomic E-state index is 9.87. The van der Waals surface area contributed by atoms with Crippen LogP contribution in [0.2, 0.25) is 0 Å². The minimum absolute atomic E-state index is 0.140. The molecule has 2 atom stereocenters. The summed E-state index contributed by atoms with van der Waals surface area (Å²) in [4.78, 5) is 2.26. The third kappa shape index (κ3) is 2.76. The number of fused-ring (bicyclic) bond motifs is 1. The number of likely N-dealkylation sites (N-methyl/N-ethyl adjacent to an activating group) is 1. The molecule has 1 N–H and O–H groups in total. The van der Waals surface area contributed by atoms with E-state index in [4.69, 9.17) is 9.47 Å². The van der Waals surface area contributed by atoms with E-state index in [1.54, 1.807) is 0 Å². The predicted octanol–water partition coefficient (Wildman–Crippen LogP) is 1.38. The summed E-state index contributed by atoms with van der Waals surface area (Å²) in [5.41, 5.74) is 2.19. The molecule has 1 aliphatic heterocycles. The van der Waals surface area contributed by atoms with Gasteiger partial charge in [-0.3, -0.25) is 0 Å². The molecule has 1 fully saturated rings. The summed E-state index contributed by atoms with van der Waals surface area (Å²) in [6, 6.07) is 5.94. The van der Waals surface area contributed by atoms with Crippen molar-refractivity contribution in [3.8, 4) is 5.75 Å². The number of hydrogen-bond donors (Lipinski definition) is 1. The zero-order valence-electron chi connectivity index (χ0n) is 11.3. The van der Waals surface area contributed by atoms with Gasteiger partial charge in [0, 0.05) is 18.7 Å². The molecular formula is C15H21NO3. The molecule has 0 saturated carbocycles. The number of aliphatic hydroxyl groups excluding tert-OH is 1. The van der Waals surface area contributed by atoms with Crippen LogP contribution in [0.4, 0.5) is 0 Å². The van der Waals surface area contributed by atoms with E-state index in [0.717, 1.165) is 43.9 Å². The largest absolute Gasteiger partial charge is 0.491 e. The van der Waals surface area contributed by atoms with Crippen LogP contribution in [0.15, 0.2) is 18.2 Å². The number of morpholine rings is 1. The van der Waals surface area contributed by atoms with Crippen molar-refractivity contribution in [2.24, 2.45) is 0 Å². The van der Waals surface area contributed by atoms with Crippen molar-refractivity contribution in [3.05, 3.63) is 29.3 Å². The highest BCUT2D eigenvalue weighted by Gasteiger charge is 2.24. The second-order valence-corrected chi connectivity index (χ2v) is 5.44. The summed E-state index contributed by atoms with van der Waals surface area (Å²) < 4.78 is 11.6. The molecule has 2 aliphatic rings. The lowest BCUT2D eigenvalue weighted by Gasteiger charge is -2.30. The lowest BCUT2D eigenvalue weighted by molar-refractivity contribution is -0.0404. The van der Waals surface area contributed by atoms with E-state index in [1.807, 2.05) is 18.2 Å². The van der Waals surface area contributed by atoms with Crippen LogP contribution >= 0.6 is 0 Å². The Bertz CT molecular complexity index is 449. The van der Waals surface area contributed by atoms with Crippen molar-refractivity contribution in [1.29, 1.82) is 0 Å². The second-order valence-electron chi connectivity index (χ2n) is 5.44. The Hall–Kier alpha value is -1.10. The van der Waals surface area contributed by atoms with Crippen LogP contribution in [-0.2, 0) is 11.2 Å². The topological polar surface area (TPSA) is 41.9 Å². The summed E-state index contributed by atoms with van der Waals surface area (Å²) in [7, 11) is 2.10. The van der Waals surface area contributed by atoms with E-state index in [2.05, 4.69) is 11.9 Å². The fraction of sp³-hybridized carbons (Fsp3) is 0.600. The normalized spacial score (nSPS) is 27.3. The molecule has 0 radical (unpaired) electrons. The van der Waals surface area contributed by atoms with Crippen LogP contribution in [0.5, 0.6) is 5.75 Å². The molecule has 1 aromatic carbocycles. The Morgan fingerprint density at radius 2 is 2.37 bits per heavy atom. The van der Waals surface area contributed by atoms with E-state index in [9.17, 15) is 5.11 Å². The van der Waals surface area contributed by atoms with Gasteiger partial charge in [0.05, 0.1) is 12.7 Å². The minimum atomic E-state index is -0.324. The van der Waals surface area contributed by atoms with Gasteiger partial charge in [0.15, 0.2) is 0 Å². The number of ether oxygens (including phenoxy) is 2. The zero-order valence-corrected chi connectivity index (χ0v) is 11.3. The smallest absolute Gasteiger partial charge is 0.122 e. The van der Waals surface area contributed by atoms with Gasteiger partial charge in [-0.15, -0.1) is 0 Å². The van der Waals surface area contributed by atoms with Crippen LogP contribution < -0.4 is 4.74 Å². The van der Waals surface area contributed by atoms with E-state index in [1.165, 1.54) is 5.56 Å². The van der Waals surface area contributed by atoms with Gasteiger partial charge in [0.1, 0.15) is 18.5 Å². The summed E-state index contributed by atoms with van der Waals surface area (Å²) in [6.45, 7) is 3.26. The highest BCUT2D eigenvalue weighted by Crippen LogP contribution is 2.36. The van der Waals surface area contributed by atoms with Crippen molar-refractivity contribution in [3.63, 3.8) is 0 Å². The van der Waals surface area contributed by atoms with Crippen LogP contribution in [0.25, 0.3) is 0 Å². The number of benzene rings is 1. The molecule has 104 valence electrons. The second kappa shape index (κ2) is 5.49. The van der Waals surface area contributed by atoms with Crippen LogP contribution in [0, 0.1) is 0 Å². The SMILES string of the molecule is CN1CCOC(COc2cccc3c2CCC3O)C1.